The second-order valence-corrected chi connectivity index (χ2v) is 9.95. The summed E-state index contributed by atoms with van der Waals surface area (Å²) in [6, 6.07) is 20.6. The first-order valence-corrected chi connectivity index (χ1v) is 12.9. The Kier molecular flexibility index (Phi) is 6.08. The van der Waals surface area contributed by atoms with Crippen molar-refractivity contribution >= 4 is 52.4 Å². The number of anilines is 2. The van der Waals surface area contributed by atoms with Crippen LogP contribution in [0, 0.1) is 0 Å². The molecular weight excluding hydrogens is 536 g/mol. The number of carbonyl (C=O) groups excluding carboxylic acids is 7. The van der Waals surface area contributed by atoms with Crippen LogP contribution in [0.2, 0.25) is 0 Å². The standard InChI is InChI=1S/C33H20N2O7/c1-17(36)19-5-3-7-23(13-19)34-30(39)25-11-9-21(15-27(25)32(34)41)29(38)22-10-12-26-28(16-22)33(42)35(31(26)40)24-8-4-6-20(14-24)18(2)37/h3-16H,1-2H3. The molecule has 2 heterocycles. The predicted molar refractivity (Wildman–Crippen MR) is 151 cm³/mol. The Morgan fingerprint density at radius 2 is 0.833 bits per heavy atom. The van der Waals surface area contributed by atoms with Gasteiger partial charge in [0.25, 0.3) is 23.6 Å². The van der Waals surface area contributed by atoms with Gasteiger partial charge in [0.05, 0.1) is 33.6 Å². The number of Topliss-reactive ketones (excluding diaryl/α,β-unsaturated/α-hetero) is 2. The summed E-state index contributed by atoms with van der Waals surface area (Å²) in [6.07, 6.45) is 0. The number of carbonyl (C=O) groups is 7. The van der Waals surface area contributed by atoms with Gasteiger partial charge in [0.15, 0.2) is 17.3 Å². The van der Waals surface area contributed by atoms with E-state index >= 15 is 0 Å². The Hall–Kier alpha value is -5.83. The Morgan fingerprint density at radius 3 is 1.21 bits per heavy atom. The van der Waals surface area contributed by atoms with Crippen molar-refractivity contribution in [2.24, 2.45) is 0 Å². The maximum atomic E-state index is 13.5. The lowest BCUT2D eigenvalue weighted by Gasteiger charge is -2.14. The normalized spacial score (nSPS) is 13.9. The van der Waals surface area contributed by atoms with E-state index in [1.54, 1.807) is 36.4 Å². The molecule has 0 fully saturated rings. The zero-order valence-electron chi connectivity index (χ0n) is 22.3. The van der Waals surface area contributed by atoms with Crippen molar-refractivity contribution in [3.63, 3.8) is 0 Å². The molecule has 0 atom stereocenters. The van der Waals surface area contributed by atoms with Gasteiger partial charge < -0.3 is 0 Å². The number of fused-ring (bicyclic) bond motifs is 2. The number of benzene rings is 4. The molecule has 0 saturated carbocycles. The van der Waals surface area contributed by atoms with Crippen molar-refractivity contribution in [2.45, 2.75) is 13.8 Å². The number of amides is 4. The van der Waals surface area contributed by atoms with E-state index in [2.05, 4.69) is 0 Å². The monoisotopic (exact) mass is 556 g/mol. The van der Waals surface area contributed by atoms with Crippen LogP contribution in [-0.4, -0.2) is 41.0 Å². The van der Waals surface area contributed by atoms with Gasteiger partial charge >= 0.3 is 0 Å². The van der Waals surface area contributed by atoms with Crippen LogP contribution in [0.1, 0.15) is 91.9 Å². The van der Waals surface area contributed by atoms with Gasteiger partial charge in [-0.3, -0.25) is 33.6 Å². The Labute approximate surface area is 239 Å². The number of hydrogen-bond donors (Lipinski definition) is 0. The average Bonchev–Trinajstić information content (AvgIpc) is 3.39. The third kappa shape index (κ3) is 4.06. The first kappa shape index (κ1) is 26.4. The molecule has 0 saturated heterocycles. The predicted octanol–water partition coefficient (Wildman–Crippen LogP) is 4.92. The van der Waals surface area contributed by atoms with E-state index in [1.165, 1.54) is 62.4 Å². The summed E-state index contributed by atoms with van der Waals surface area (Å²) in [6.45, 7) is 2.76. The molecule has 2 aliphatic rings. The summed E-state index contributed by atoms with van der Waals surface area (Å²) < 4.78 is 0. The topological polar surface area (TPSA) is 126 Å². The third-order valence-corrected chi connectivity index (χ3v) is 7.32. The highest BCUT2D eigenvalue weighted by atomic mass is 16.2. The molecule has 0 aromatic heterocycles. The zero-order valence-corrected chi connectivity index (χ0v) is 22.3. The van der Waals surface area contributed by atoms with Crippen LogP contribution in [0.4, 0.5) is 11.4 Å². The number of imide groups is 2. The van der Waals surface area contributed by atoms with Crippen molar-refractivity contribution < 1.29 is 33.6 Å². The molecule has 4 amide bonds. The van der Waals surface area contributed by atoms with Crippen molar-refractivity contribution in [1.82, 2.24) is 0 Å². The number of nitrogens with zero attached hydrogens (tertiary/aromatic N) is 2. The van der Waals surface area contributed by atoms with Gasteiger partial charge in [0, 0.05) is 22.3 Å². The highest BCUT2D eigenvalue weighted by Crippen LogP contribution is 2.32. The number of rotatable bonds is 6. The van der Waals surface area contributed by atoms with Gasteiger partial charge in [-0.25, -0.2) is 9.80 Å². The smallest absolute Gasteiger partial charge is 0.266 e. The summed E-state index contributed by atoms with van der Waals surface area (Å²) in [5, 5.41) is 0. The minimum atomic E-state index is -0.636. The average molecular weight is 557 g/mol. The molecule has 0 aliphatic carbocycles. The van der Waals surface area contributed by atoms with Crippen LogP contribution < -0.4 is 9.80 Å². The summed E-state index contributed by atoms with van der Waals surface area (Å²) in [5.41, 5.74) is 1.67. The van der Waals surface area contributed by atoms with E-state index in [1.807, 2.05) is 0 Å². The van der Waals surface area contributed by atoms with Gasteiger partial charge in [-0.15, -0.1) is 0 Å². The molecule has 9 heteroatoms. The lowest BCUT2D eigenvalue weighted by Crippen LogP contribution is -2.29. The Morgan fingerprint density at radius 1 is 0.452 bits per heavy atom. The molecule has 0 bridgehead atoms. The van der Waals surface area contributed by atoms with Gasteiger partial charge in [-0.2, -0.15) is 0 Å². The van der Waals surface area contributed by atoms with E-state index in [-0.39, 0.29) is 56.3 Å². The van der Waals surface area contributed by atoms with Crippen LogP contribution in [0.15, 0.2) is 84.9 Å². The van der Waals surface area contributed by atoms with Crippen LogP contribution in [0.25, 0.3) is 0 Å². The largest absolute Gasteiger partial charge is 0.295 e. The van der Waals surface area contributed by atoms with Crippen LogP contribution >= 0.6 is 0 Å². The second-order valence-electron chi connectivity index (χ2n) is 9.95. The van der Waals surface area contributed by atoms with Crippen molar-refractivity contribution in [2.75, 3.05) is 9.80 Å². The van der Waals surface area contributed by atoms with Crippen molar-refractivity contribution in [3.8, 4) is 0 Å². The van der Waals surface area contributed by atoms with Crippen molar-refractivity contribution in [1.29, 1.82) is 0 Å². The molecule has 2 aliphatic heterocycles. The molecule has 4 aromatic rings. The van der Waals surface area contributed by atoms with Crippen molar-refractivity contribution in [3.05, 3.63) is 129 Å². The van der Waals surface area contributed by atoms with Crippen LogP contribution in [-0.2, 0) is 0 Å². The minimum Gasteiger partial charge on any atom is -0.295 e. The fraction of sp³-hybridized carbons (Fsp3) is 0.0606. The van der Waals surface area contributed by atoms with Gasteiger partial charge in [-0.05, 0) is 62.4 Å². The molecule has 0 unspecified atom stereocenters. The summed E-state index contributed by atoms with van der Waals surface area (Å²) in [4.78, 5) is 91.7. The first-order valence-electron chi connectivity index (χ1n) is 12.9. The van der Waals surface area contributed by atoms with E-state index in [9.17, 15) is 33.6 Å². The summed E-state index contributed by atoms with van der Waals surface area (Å²) >= 11 is 0. The number of ketones is 3. The molecule has 4 aromatic carbocycles. The molecule has 204 valence electrons. The summed E-state index contributed by atoms with van der Waals surface area (Å²) in [7, 11) is 0. The maximum absolute atomic E-state index is 13.5. The maximum Gasteiger partial charge on any atom is 0.266 e. The van der Waals surface area contributed by atoms with E-state index < -0.39 is 29.4 Å². The van der Waals surface area contributed by atoms with Crippen LogP contribution in [0.3, 0.4) is 0 Å². The third-order valence-electron chi connectivity index (χ3n) is 7.32. The van der Waals surface area contributed by atoms with E-state index in [4.69, 9.17) is 0 Å². The lowest BCUT2D eigenvalue weighted by atomic mass is 9.96. The lowest BCUT2D eigenvalue weighted by molar-refractivity contribution is 0.0910. The van der Waals surface area contributed by atoms with Gasteiger partial charge in [0.2, 0.25) is 0 Å². The summed E-state index contributed by atoms with van der Waals surface area (Å²) in [5.74, 6) is -3.38. The Balaban J connectivity index is 1.31. The second kappa shape index (κ2) is 9.67. The van der Waals surface area contributed by atoms with Gasteiger partial charge in [-0.1, -0.05) is 36.4 Å². The molecule has 0 N–H and O–H groups in total. The van der Waals surface area contributed by atoms with Gasteiger partial charge in [0.1, 0.15) is 0 Å². The Bertz CT molecular complexity index is 1820. The molecule has 0 spiro atoms. The van der Waals surface area contributed by atoms with E-state index in [0.717, 1.165) is 9.80 Å². The highest BCUT2D eigenvalue weighted by molar-refractivity contribution is 6.36. The van der Waals surface area contributed by atoms with E-state index in [0.29, 0.717) is 11.1 Å². The highest BCUT2D eigenvalue weighted by Gasteiger charge is 2.39. The SMILES string of the molecule is CC(=O)c1cccc(N2C(=O)c3ccc(C(=O)c4ccc5c(c4)C(=O)N(c4cccc(C(C)=O)c4)C5=O)cc3C2=O)c1. The molecule has 6 rings (SSSR count). The molecular formula is C33H20N2O7. The minimum absolute atomic E-state index is 0.0306. The number of hydrogen-bond acceptors (Lipinski definition) is 7. The zero-order chi connectivity index (χ0) is 29.9. The van der Waals surface area contributed by atoms with Crippen LogP contribution in [0.5, 0.6) is 0 Å². The molecule has 9 nitrogen and oxygen atoms in total. The molecule has 42 heavy (non-hydrogen) atoms. The fourth-order valence-electron chi connectivity index (χ4n) is 5.13. The fourth-order valence-corrected chi connectivity index (χ4v) is 5.13. The molecule has 0 radical (unpaired) electrons. The first-order chi connectivity index (χ1) is 20.1. The quantitative estimate of drug-likeness (QED) is 0.244.